The van der Waals surface area contributed by atoms with Crippen molar-refractivity contribution in [1.29, 1.82) is 0 Å². The molecule has 0 radical (unpaired) electrons. The molecule has 1 saturated carbocycles. The van der Waals surface area contributed by atoms with E-state index in [1.807, 2.05) is 0 Å². The number of ether oxygens (including phenoxy) is 1. The van der Waals surface area contributed by atoms with Crippen LogP contribution in [0.2, 0.25) is 0 Å². The summed E-state index contributed by atoms with van der Waals surface area (Å²) < 4.78 is 5.19. The van der Waals surface area contributed by atoms with Gasteiger partial charge in [0.2, 0.25) is 0 Å². The van der Waals surface area contributed by atoms with Gasteiger partial charge in [0, 0.05) is 32.1 Å². The van der Waals surface area contributed by atoms with Gasteiger partial charge in [0.1, 0.15) is 0 Å². The van der Waals surface area contributed by atoms with Gasteiger partial charge in [-0.15, -0.1) is 0 Å². The Labute approximate surface area is 89.7 Å². The molecule has 0 unspecified atom stereocenters. The zero-order valence-electron chi connectivity index (χ0n) is 8.91. The van der Waals surface area contributed by atoms with E-state index in [2.05, 4.69) is 10.3 Å². The van der Waals surface area contributed by atoms with Crippen molar-refractivity contribution in [2.75, 3.05) is 19.8 Å². The highest BCUT2D eigenvalue weighted by Gasteiger charge is 2.29. The topological polar surface area (TPSA) is 79.9 Å². The van der Waals surface area contributed by atoms with Crippen molar-refractivity contribution < 1.29 is 9.84 Å². The molecule has 15 heavy (non-hydrogen) atoms. The fourth-order valence-corrected chi connectivity index (χ4v) is 1.62. The van der Waals surface area contributed by atoms with E-state index in [0.717, 1.165) is 0 Å². The second kappa shape index (κ2) is 4.37. The van der Waals surface area contributed by atoms with E-state index in [9.17, 15) is 5.11 Å². The summed E-state index contributed by atoms with van der Waals surface area (Å²) in [7, 11) is 0. The van der Waals surface area contributed by atoms with Crippen molar-refractivity contribution >= 4 is 5.96 Å². The monoisotopic (exact) mass is 213 g/mol. The number of nitrogens with one attached hydrogen (secondary N) is 1. The summed E-state index contributed by atoms with van der Waals surface area (Å²) in [6, 6.07) is 0.512. The SMILES string of the molecule is NC(=NCC1(O)CCOCC1)NC1CC1. The van der Waals surface area contributed by atoms with Crippen LogP contribution in [0.5, 0.6) is 0 Å². The lowest BCUT2D eigenvalue weighted by molar-refractivity contribution is -0.0565. The maximum absolute atomic E-state index is 10.1. The van der Waals surface area contributed by atoms with E-state index in [4.69, 9.17) is 10.5 Å². The third kappa shape index (κ3) is 3.35. The molecule has 0 aromatic carbocycles. The normalized spacial score (nSPS) is 26.3. The molecule has 2 aliphatic rings. The molecule has 2 rings (SSSR count). The minimum atomic E-state index is -0.714. The standard InChI is InChI=1S/C10H19N3O2/c11-9(13-8-1-2-8)12-7-10(14)3-5-15-6-4-10/h8,14H,1-7H2,(H3,11,12,13). The Hall–Kier alpha value is -0.810. The Bertz CT molecular complexity index is 245. The number of nitrogens with zero attached hydrogens (tertiary/aromatic N) is 1. The van der Waals surface area contributed by atoms with Gasteiger partial charge in [-0.3, -0.25) is 4.99 Å². The van der Waals surface area contributed by atoms with E-state index in [0.29, 0.717) is 44.6 Å². The lowest BCUT2D eigenvalue weighted by Crippen LogP contribution is -2.41. The fourth-order valence-electron chi connectivity index (χ4n) is 1.62. The zero-order chi connectivity index (χ0) is 10.7. The quantitative estimate of drug-likeness (QED) is 0.440. The van der Waals surface area contributed by atoms with Crippen LogP contribution in [0.15, 0.2) is 4.99 Å². The highest BCUT2D eigenvalue weighted by Crippen LogP contribution is 2.21. The van der Waals surface area contributed by atoms with Crippen molar-refractivity contribution in [3.63, 3.8) is 0 Å². The van der Waals surface area contributed by atoms with Crippen LogP contribution in [-0.4, -0.2) is 42.5 Å². The van der Waals surface area contributed by atoms with Crippen LogP contribution in [-0.2, 0) is 4.74 Å². The Balaban J connectivity index is 1.78. The smallest absolute Gasteiger partial charge is 0.188 e. The maximum Gasteiger partial charge on any atom is 0.188 e. The zero-order valence-corrected chi connectivity index (χ0v) is 8.91. The van der Waals surface area contributed by atoms with Crippen molar-refractivity contribution in [1.82, 2.24) is 5.32 Å². The lowest BCUT2D eigenvalue weighted by Gasteiger charge is -2.30. The first kappa shape index (κ1) is 10.7. The Morgan fingerprint density at radius 1 is 1.47 bits per heavy atom. The average Bonchev–Trinajstić information content (AvgIpc) is 3.00. The summed E-state index contributed by atoms with van der Waals surface area (Å²) in [5, 5.41) is 13.2. The molecule has 5 heteroatoms. The van der Waals surface area contributed by atoms with Crippen LogP contribution >= 0.6 is 0 Å². The average molecular weight is 213 g/mol. The molecule has 86 valence electrons. The second-order valence-electron chi connectivity index (χ2n) is 4.46. The van der Waals surface area contributed by atoms with Gasteiger partial charge in [-0.1, -0.05) is 0 Å². The number of hydrogen-bond acceptors (Lipinski definition) is 3. The molecule has 0 aromatic rings. The van der Waals surface area contributed by atoms with E-state index in [-0.39, 0.29) is 0 Å². The first-order chi connectivity index (χ1) is 7.18. The van der Waals surface area contributed by atoms with Gasteiger partial charge in [-0.05, 0) is 12.8 Å². The number of nitrogens with two attached hydrogens (primary N) is 1. The fraction of sp³-hybridized carbons (Fsp3) is 0.900. The second-order valence-corrected chi connectivity index (χ2v) is 4.46. The van der Waals surface area contributed by atoms with Gasteiger partial charge in [-0.2, -0.15) is 0 Å². The molecule has 0 amide bonds. The maximum atomic E-state index is 10.1. The number of hydrogen-bond donors (Lipinski definition) is 3. The number of guanidine groups is 1. The minimum Gasteiger partial charge on any atom is -0.388 e. The van der Waals surface area contributed by atoms with Crippen LogP contribution in [0.4, 0.5) is 0 Å². The van der Waals surface area contributed by atoms with Crippen molar-refractivity contribution in [2.24, 2.45) is 10.7 Å². The molecular formula is C10H19N3O2. The molecule has 5 nitrogen and oxygen atoms in total. The van der Waals surface area contributed by atoms with Crippen LogP contribution in [0, 0.1) is 0 Å². The van der Waals surface area contributed by atoms with Crippen molar-refractivity contribution in [3.05, 3.63) is 0 Å². The molecular weight excluding hydrogens is 194 g/mol. The van der Waals surface area contributed by atoms with Gasteiger partial charge in [-0.25, -0.2) is 0 Å². The largest absolute Gasteiger partial charge is 0.388 e. The highest BCUT2D eigenvalue weighted by molar-refractivity contribution is 5.78. The Kier molecular flexibility index (Phi) is 3.11. The van der Waals surface area contributed by atoms with E-state index < -0.39 is 5.60 Å². The number of rotatable bonds is 3. The highest BCUT2D eigenvalue weighted by atomic mass is 16.5. The molecule has 1 heterocycles. The first-order valence-corrected chi connectivity index (χ1v) is 5.55. The minimum absolute atomic E-state index is 0.377. The Morgan fingerprint density at radius 2 is 2.13 bits per heavy atom. The molecule has 2 fully saturated rings. The molecule has 1 aliphatic heterocycles. The molecule has 0 aromatic heterocycles. The molecule has 0 spiro atoms. The third-order valence-electron chi connectivity index (χ3n) is 2.90. The van der Waals surface area contributed by atoms with Crippen molar-refractivity contribution in [3.8, 4) is 0 Å². The predicted octanol–water partition coefficient (Wildman–Crippen LogP) is -0.405. The van der Waals surface area contributed by atoms with Gasteiger partial charge in [0.05, 0.1) is 12.1 Å². The van der Waals surface area contributed by atoms with E-state index in [1.165, 1.54) is 12.8 Å². The van der Waals surface area contributed by atoms with Gasteiger partial charge < -0.3 is 20.9 Å². The van der Waals surface area contributed by atoms with Crippen LogP contribution in [0.25, 0.3) is 0 Å². The van der Waals surface area contributed by atoms with Gasteiger partial charge >= 0.3 is 0 Å². The Morgan fingerprint density at radius 3 is 2.73 bits per heavy atom. The predicted molar refractivity (Wildman–Crippen MR) is 57.6 cm³/mol. The molecule has 0 atom stereocenters. The third-order valence-corrected chi connectivity index (χ3v) is 2.90. The lowest BCUT2D eigenvalue weighted by atomic mass is 9.95. The van der Waals surface area contributed by atoms with Crippen LogP contribution < -0.4 is 11.1 Å². The van der Waals surface area contributed by atoms with E-state index >= 15 is 0 Å². The number of aliphatic imine (C=N–C) groups is 1. The molecule has 4 N–H and O–H groups in total. The van der Waals surface area contributed by atoms with E-state index in [1.54, 1.807) is 0 Å². The molecule has 1 saturated heterocycles. The van der Waals surface area contributed by atoms with Gasteiger partial charge in [0.25, 0.3) is 0 Å². The summed E-state index contributed by atoms with van der Waals surface area (Å²) in [5.41, 5.74) is 4.97. The van der Waals surface area contributed by atoms with Crippen LogP contribution in [0.1, 0.15) is 25.7 Å². The summed E-state index contributed by atoms with van der Waals surface area (Å²) >= 11 is 0. The molecule has 0 bridgehead atoms. The summed E-state index contributed by atoms with van der Waals surface area (Å²) in [6.07, 6.45) is 3.64. The van der Waals surface area contributed by atoms with Crippen molar-refractivity contribution in [2.45, 2.75) is 37.3 Å². The molecule has 1 aliphatic carbocycles. The first-order valence-electron chi connectivity index (χ1n) is 5.55. The summed E-state index contributed by atoms with van der Waals surface area (Å²) in [6.45, 7) is 1.60. The summed E-state index contributed by atoms with van der Waals surface area (Å²) in [4.78, 5) is 4.18. The van der Waals surface area contributed by atoms with Crippen LogP contribution in [0.3, 0.4) is 0 Å². The number of aliphatic hydroxyl groups is 1. The summed E-state index contributed by atoms with van der Waals surface area (Å²) in [5.74, 6) is 0.456. The van der Waals surface area contributed by atoms with Gasteiger partial charge in [0.15, 0.2) is 5.96 Å².